The third-order valence-electron chi connectivity index (χ3n) is 3.04. The topological polar surface area (TPSA) is 70.1 Å². The van der Waals surface area contributed by atoms with Gasteiger partial charge in [0.15, 0.2) is 0 Å². The van der Waals surface area contributed by atoms with Gasteiger partial charge in [-0.25, -0.2) is 4.79 Å². The summed E-state index contributed by atoms with van der Waals surface area (Å²) in [6.07, 6.45) is 0. The summed E-state index contributed by atoms with van der Waals surface area (Å²) in [7, 11) is 0. The van der Waals surface area contributed by atoms with E-state index in [2.05, 4.69) is 5.10 Å². The number of anilines is 1. The molecule has 7 heteroatoms. The maximum atomic E-state index is 12.1. The molecule has 0 saturated carbocycles. The molecule has 2 rings (SSSR count). The largest absolute Gasteiger partial charge is 0.455 e. The van der Waals surface area contributed by atoms with E-state index in [1.807, 2.05) is 6.92 Å². The first-order valence-corrected chi connectivity index (χ1v) is 7.14. The summed E-state index contributed by atoms with van der Waals surface area (Å²) in [5, 5.41) is 5.01. The van der Waals surface area contributed by atoms with Crippen molar-refractivity contribution in [1.29, 1.82) is 0 Å². The summed E-state index contributed by atoms with van der Waals surface area (Å²) in [4.78, 5) is 12.1. The number of ether oxygens (including phenoxy) is 1. The van der Waals surface area contributed by atoms with Gasteiger partial charge in [-0.1, -0.05) is 29.3 Å². The van der Waals surface area contributed by atoms with Crippen LogP contribution in [0.3, 0.4) is 0 Å². The molecule has 0 bridgehead atoms. The van der Waals surface area contributed by atoms with Gasteiger partial charge in [-0.2, -0.15) is 5.10 Å². The molecule has 0 aliphatic heterocycles. The molecule has 1 aromatic heterocycles. The summed E-state index contributed by atoms with van der Waals surface area (Å²) >= 11 is 12.1. The zero-order valence-electron chi connectivity index (χ0n) is 11.7. The lowest BCUT2D eigenvalue weighted by Crippen LogP contribution is -2.11. The molecule has 2 N–H and O–H groups in total. The molecule has 0 amide bonds. The first-order chi connectivity index (χ1) is 9.95. The Balaban J connectivity index is 2.19. The molecule has 0 unspecified atom stereocenters. The van der Waals surface area contributed by atoms with Gasteiger partial charge < -0.3 is 10.5 Å². The minimum atomic E-state index is -0.587. The SMILES string of the molecule is CCn1nc(C)c(Cl)c1COC(=O)c1c(N)cccc1Cl. The lowest BCUT2D eigenvalue weighted by Gasteiger charge is -2.09. The lowest BCUT2D eigenvalue weighted by atomic mass is 10.2. The predicted molar refractivity (Wildman–Crippen MR) is 82.6 cm³/mol. The molecule has 0 atom stereocenters. The molecule has 112 valence electrons. The Hall–Kier alpha value is -1.72. The van der Waals surface area contributed by atoms with Crippen molar-refractivity contribution in [3.8, 4) is 0 Å². The summed E-state index contributed by atoms with van der Waals surface area (Å²) in [6.45, 7) is 4.37. The van der Waals surface area contributed by atoms with Crippen molar-refractivity contribution in [3.05, 3.63) is 45.2 Å². The van der Waals surface area contributed by atoms with Gasteiger partial charge in [0.2, 0.25) is 0 Å². The highest BCUT2D eigenvalue weighted by Crippen LogP contribution is 2.25. The molecular formula is C14H15Cl2N3O2. The highest BCUT2D eigenvalue weighted by Gasteiger charge is 2.18. The van der Waals surface area contributed by atoms with Gasteiger partial charge in [-0.05, 0) is 26.0 Å². The Bertz CT molecular complexity index is 663. The number of nitrogens with zero attached hydrogens (tertiary/aromatic N) is 2. The molecule has 2 aromatic rings. The van der Waals surface area contributed by atoms with Crippen LogP contribution in [-0.4, -0.2) is 15.7 Å². The van der Waals surface area contributed by atoms with Crippen LogP contribution in [0.4, 0.5) is 5.69 Å². The number of nitrogens with two attached hydrogens (primary N) is 1. The Labute approximate surface area is 132 Å². The minimum Gasteiger partial charge on any atom is -0.455 e. The lowest BCUT2D eigenvalue weighted by molar-refractivity contribution is 0.0464. The van der Waals surface area contributed by atoms with Crippen molar-refractivity contribution < 1.29 is 9.53 Å². The highest BCUT2D eigenvalue weighted by atomic mass is 35.5. The Morgan fingerprint density at radius 3 is 2.76 bits per heavy atom. The first-order valence-electron chi connectivity index (χ1n) is 6.38. The van der Waals surface area contributed by atoms with Crippen LogP contribution in [0.2, 0.25) is 10.0 Å². The number of esters is 1. The van der Waals surface area contributed by atoms with Crippen molar-refractivity contribution >= 4 is 34.9 Å². The van der Waals surface area contributed by atoms with Gasteiger partial charge in [0.25, 0.3) is 0 Å². The summed E-state index contributed by atoms with van der Waals surface area (Å²) < 4.78 is 6.96. The molecule has 0 saturated heterocycles. The van der Waals surface area contributed by atoms with E-state index < -0.39 is 5.97 Å². The van der Waals surface area contributed by atoms with Crippen molar-refractivity contribution in [1.82, 2.24) is 9.78 Å². The summed E-state index contributed by atoms with van der Waals surface area (Å²) in [5.41, 5.74) is 7.54. The normalized spacial score (nSPS) is 10.7. The second-order valence-electron chi connectivity index (χ2n) is 4.44. The number of rotatable bonds is 4. The molecule has 1 heterocycles. The zero-order valence-corrected chi connectivity index (χ0v) is 13.2. The van der Waals surface area contributed by atoms with Crippen molar-refractivity contribution in [2.45, 2.75) is 27.0 Å². The van der Waals surface area contributed by atoms with Gasteiger partial charge >= 0.3 is 5.97 Å². The second kappa shape index (κ2) is 6.37. The average molecular weight is 328 g/mol. The second-order valence-corrected chi connectivity index (χ2v) is 5.23. The van der Waals surface area contributed by atoms with Gasteiger partial charge in [-0.15, -0.1) is 0 Å². The fraction of sp³-hybridized carbons (Fsp3) is 0.286. The molecular weight excluding hydrogens is 313 g/mol. The van der Waals surface area contributed by atoms with E-state index in [-0.39, 0.29) is 22.9 Å². The van der Waals surface area contributed by atoms with Gasteiger partial charge in [0.05, 0.1) is 21.4 Å². The third kappa shape index (κ3) is 3.14. The number of aryl methyl sites for hydroxylation is 2. The van der Waals surface area contributed by atoms with Crippen LogP contribution in [0.1, 0.15) is 28.7 Å². The number of aromatic nitrogens is 2. The van der Waals surface area contributed by atoms with E-state index in [1.54, 1.807) is 29.8 Å². The van der Waals surface area contributed by atoms with Gasteiger partial charge in [0, 0.05) is 12.2 Å². The van der Waals surface area contributed by atoms with E-state index in [9.17, 15) is 4.79 Å². The van der Waals surface area contributed by atoms with Crippen LogP contribution >= 0.6 is 23.2 Å². The summed E-state index contributed by atoms with van der Waals surface area (Å²) in [6, 6.07) is 4.85. The molecule has 0 fully saturated rings. The standard InChI is InChI=1S/C14H15Cl2N3O2/c1-3-19-11(13(16)8(2)18-19)7-21-14(20)12-9(15)5-4-6-10(12)17/h4-6H,3,7,17H2,1-2H3. The van der Waals surface area contributed by atoms with Crippen molar-refractivity contribution in [3.63, 3.8) is 0 Å². The predicted octanol–water partition coefficient (Wildman–Crippen LogP) is 3.46. The van der Waals surface area contributed by atoms with Crippen LogP contribution < -0.4 is 5.73 Å². The van der Waals surface area contributed by atoms with Crippen LogP contribution in [0.15, 0.2) is 18.2 Å². The summed E-state index contributed by atoms with van der Waals surface area (Å²) in [5.74, 6) is -0.587. The molecule has 0 aliphatic carbocycles. The molecule has 21 heavy (non-hydrogen) atoms. The molecule has 0 spiro atoms. The number of carbonyl (C=O) groups is 1. The van der Waals surface area contributed by atoms with E-state index in [4.69, 9.17) is 33.7 Å². The van der Waals surface area contributed by atoms with Crippen LogP contribution in [0.5, 0.6) is 0 Å². The fourth-order valence-electron chi connectivity index (χ4n) is 1.97. The number of carbonyl (C=O) groups excluding carboxylic acids is 1. The first kappa shape index (κ1) is 15.7. The average Bonchev–Trinajstić information content (AvgIpc) is 2.71. The molecule has 0 radical (unpaired) electrons. The Morgan fingerprint density at radius 1 is 1.43 bits per heavy atom. The smallest absolute Gasteiger partial charge is 0.342 e. The van der Waals surface area contributed by atoms with Crippen LogP contribution in [0, 0.1) is 6.92 Å². The van der Waals surface area contributed by atoms with Crippen molar-refractivity contribution in [2.24, 2.45) is 0 Å². The number of hydrogen-bond donors (Lipinski definition) is 1. The van der Waals surface area contributed by atoms with E-state index in [1.165, 1.54) is 0 Å². The van der Waals surface area contributed by atoms with Crippen molar-refractivity contribution in [2.75, 3.05) is 5.73 Å². The Kier molecular flexibility index (Phi) is 4.75. The van der Waals surface area contributed by atoms with E-state index >= 15 is 0 Å². The van der Waals surface area contributed by atoms with Gasteiger partial charge in [0.1, 0.15) is 12.2 Å². The maximum absolute atomic E-state index is 12.1. The number of halogens is 2. The fourth-order valence-corrected chi connectivity index (χ4v) is 2.42. The monoisotopic (exact) mass is 327 g/mol. The minimum absolute atomic E-state index is 0.0109. The maximum Gasteiger partial charge on any atom is 0.342 e. The quantitative estimate of drug-likeness (QED) is 0.689. The van der Waals surface area contributed by atoms with Gasteiger partial charge in [-0.3, -0.25) is 4.68 Å². The number of nitrogen functional groups attached to an aromatic ring is 1. The Morgan fingerprint density at radius 2 is 2.14 bits per heavy atom. The highest BCUT2D eigenvalue weighted by molar-refractivity contribution is 6.34. The molecule has 0 aliphatic rings. The van der Waals surface area contributed by atoms with Crippen LogP contribution in [0.25, 0.3) is 0 Å². The van der Waals surface area contributed by atoms with E-state index in [0.29, 0.717) is 23.0 Å². The zero-order chi connectivity index (χ0) is 15.6. The number of benzene rings is 1. The third-order valence-corrected chi connectivity index (χ3v) is 3.85. The van der Waals surface area contributed by atoms with Crippen LogP contribution in [-0.2, 0) is 17.9 Å². The molecule has 1 aromatic carbocycles. The molecule has 5 nitrogen and oxygen atoms in total. The van der Waals surface area contributed by atoms with E-state index in [0.717, 1.165) is 0 Å². The number of hydrogen-bond acceptors (Lipinski definition) is 4.